The number of rotatable bonds is 4. The van der Waals surface area contributed by atoms with Gasteiger partial charge in [-0.05, 0) is 48.6 Å². The quantitative estimate of drug-likeness (QED) is 0.740. The highest BCUT2D eigenvalue weighted by Gasteiger charge is 2.45. The average molecular weight is 436 g/mol. The van der Waals surface area contributed by atoms with Crippen molar-refractivity contribution in [3.05, 3.63) is 65.5 Å². The highest BCUT2D eigenvalue weighted by molar-refractivity contribution is 5.96. The van der Waals surface area contributed by atoms with E-state index in [1.54, 1.807) is 6.07 Å². The number of halogens is 1. The molecule has 2 heterocycles. The molecule has 5 rings (SSSR count). The van der Waals surface area contributed by atoms with Crippen molar-refractivity contribution in [1.82, 2.24) is 9.80 Å². The molecule has 3 aliphatic rings. The van der Waals surface area contributed by atoms with E-state index in [0.717, 1.165) is 49.9 Å². The number of fused-ring (bicyclic) bond motifs is 1. The average Bonchev–Trinajstić information content (AvgIpc) is 3.47. The Kier molecular flexibility index (Phi) is 5.72. The van der Waals surface area contributed by atoms with Crippen LogP contribution in [0.25, 0.3) is 0 Å². The summed E-state index contributed by atoms with van der Waals surface area (Å²) < 4.78 is 13.9. The van der Waals surface area contributed by atoms with Crippen LogP contribution in [0.2, 0.25) is 0 Å². The number of benzene rings is 2. The predicted molar refractivity (Wildman–Crippen MR) is 122 cm³/mol. The van der Waals surface area contributed by atoms with E-state index in [2.05, 4.69) is 11.0 Å². The number of hydrogen-bond acceptors (Lipinski definition) is 3. The zero-order chi connectivity index (χ0) is 22.1. The Morgan fingerprint density at radius 2 is 1.66 bits per heavy atom. The third kappa shape index (κ3) is 3.81. The Hall–Kier alpha value is -2.73. The molecule has 0 bridgehead atoms. The molecule has 2 fully saturated rings. The second-order valence-corrected chi connectivity index (χ2v) is 9.29. The summed E-state index contributed by atoms with van der Waals surface area (Å²) in [6.45, 7) is 3.72. The van der Waals surface area contributed by atoms with Crippen molar-refractivity contribution < 1.29 is 14.0 Å². The van der Waals surface area contributed by atoms with Gasteiger partial charge in [-0.15, -0.1) is 0 Å². The molecule has 0 aromatic heterocycles. The lowest BCUT2D eigenvalue weighted by Crippen LogP contribution is -2.55. The molecule has 2 amide bonds. The van der Waals surface area contributed by atoms with E-state index in [9.17, 15) is 14.0 Å². The van der Waals surface area contributed by atoms with Crippen LogP contribution in [0.4, 0.5) is 10.1 Å². The maximum atomic E-state index is 13.9. The first-order valence-electron chi connectivity index (χ1n) is 11.7. The minimum Gasteiger partial charge on any atom is -0.339 e. The van der Waals surface area contributed by atoms with Crippen LogP contribution in [0, 0.1) is 5.82 Å². The smallest absolute Gasteiger partial charge is 0.241 e. The summed E-state index contributed by atoms with van der Waals surface area (Å²) in [5.74, 6) is -0.0322. The van der Waals surface area contributed by atoms with Gasteiger partial charge in [0, 0.05) is 38.4 Å². The van der Waals surface area contributed by atoms with E-state index in [1.807, 2.05) is 34.1 Å². The van der Waals surface area contributed by atoms with Crippen LogP contribution in [0.15, 0.2) is 48.5 Å². The fourth-order valence-electron chi connectivity index (χ4n) is 5.68. The van der Waals surface area contributed by atoms with Crippen molar-refractivity contribution in [2.24, 2.45) is 0 Å². The summed E-state index contributed by atoms with van der Waals surface area (Å²) >= 11 is 0. The van der Waals surface area contributed by atoms with Crippen LogP contribution in [0.5, 0.6) is 0 Å². The first-order chi connectivity index (χ1) is 15.6. The van der Waals surface area contributed by atoms with Gasteiger partial charge in [-0.2, -0.15) is 0 Å². The van der Waals surface area contributed by atoms with Crippen molar-refractivity contribution >= 4 is 17.5 Å². The molecule has 1 aliphatic carbocycles. The Labute approximate surface area is 188 Å². The lowest BCUT2D eigenvalue weighted by Gasteiger charge is -2.40. The second-order valence-electron chi connectivity index (χ2n) is 9.29. The largest absolute Gasteiger partial charge is 0.339 e. The van der Waals surface area contributed by atoms with Crippen LogP contribution in [-0.4, -0.2) is 60.9 Å². The highest BCUT2D eigenvalue weighted by Crippen LogP contribution is 2.43. The molecule has 0 atom stereocenters. The Bertz CT molecular complexity index is 1010. The molecule has 6 heteroatoms. The fraction of sp³-hybridized carbons (Fsp3) is 0.462. The lowest BCUT2D eigenvalue weighted by molar-refractivity contribution is -0.139. The van der Waals surface area contributed by atoms with Crippen molar-refractivity contribution in [2.45, 2.75) is 37.5 Å². The third-order valence-electron chi connectivity index (χ3n) is 7.45. The van der Waals surface area contributed by atoms with Gasteiger partial charge in [0.1, 0.15) is 5.82 Å². The maximum Gasteiger partial charge on any atom is 0.241 e. The van der Waals surface area contributed by atoms with Gasteiger partial charge in [0.15, 0.2) is 0 Å². The standard InChI is InChI=1S/C26H30FN3O2/c27-22-8-5-7-21(18-22)26(11-3-4-12-26)25(32)29-16-14-28(15-17-29)19-24(31)30-13-10-20-6-1-2-9-23(20)30/h1-2,5-9,18H,3-4,10-17,19H2. The molecule has 168 valence electrons. The Morgan fingerprint density at radius 3 is 2.41 bits per heavy atom. The number of anilines is 1. The van der Waals surface area contributed by atoms with Gasteiger partial charge in [-0.1, -0.05) is 43.2 Å². The zero-order valence-electron chi connectivity index (χ0n) is 18.4. The summed E-state index contributed by atoms with van der Waals surface area (Å²) in [4.78, 5) is 32.5. The third-order valence-corrected chi connectivity index (χ3v) is 7.45. The summed E-state index contributed by atoms with van der Waals surface area (Å²) in [6, 6.07) is 14.7. The molecule has 2 aromatic rings. The molecular weight excluding hydrogens is 405 g/mol. The summed E-state index contributed by atoms with van der Waals surface area (Å²) in [6.07, 6.45) is 4.46. The van der Waals surface area contributed by atoms with Gasteiger partial charge in [-0.25, -0.2) is 4.39 Å². The summed E-state index contributed by atoms with van der Waals surface area (Å²) in [7, 11) is 0. The Morgan fingerprint density at radius 1 is 0.906 bits per heavy atom. The number of carbonyl (C=O) groups is 2. The van der Waals surface area contributed by atoms with Crippen LogP contribution < -0.4 is 4.90 Å². The molecule has 0 radical (unpaired) electrons. The molecule has 2 aromatic carbocycles. The van der Waals surface area contributed by atoms with Gasteiger partial charge in [0.05, 0.1) is 12.0 Å². The molecular formula is C26H30FN3O2. The van der Waals surface area contributed by atoms with E-state index in [0.29, 0.717) is 32.7 Å². The monoisotopic (exact) mass is 435 g/mol. The number of hydrogen-bond donors (Lipinski definition) is 0. The normalized spacial score (nSPS) is 20.4. The van der Waals surface area contributed by atoms with Gasteiger partial charge >= 0.3 is 0 Å². The fourth-order valence-corrected chi connectivity index (χ4v) is 5.68. The summed E-state index contributed by atoms with van der Waals surface area (Å²) in [5, 5.41) is 0. The number of piperazine rings is 1. The van der Waals surface area contributed by atoms with E-state index in [4.69, 9.17) is 0 Å². The second kappa shape index (κ2) is 8.66. The molecule has 0 N–H and O–H groups in total. The minimum absolute atomic E-state index is 0.125. The summed E-state index contributed by atoms with van der Waals surface area (Å²) in [5.41, 5.74) is 2.48. The van der Waals surface area contributed by atoms with Gasteiger partial charge < -0.3 is 9.80 Å². The van der Waals surface area contributed by atoms with E-state index in [-0.39, 0.29) is 17.6 Å². The van der Waals surface area contributed by atoms with E-state index in [1.165, 1.54) is 17.7 Å². The van der Waals surface area contributed by atoms with Crippen molar-refractivity contribution in [3.63, 3.8) is 0 Å². The molecule has 5 nitrogen and oxygen atoms in total. The number of amides is 2. The molecule has 0 spiro atoms. The molecule has 0 unspecified atom stereocenters. The number of nitrogens with zero attached hydrogens (tertiary/aromatic N) is 3. The molecule has 1 saturated carbocycles. The van der Waals surface area contributed by atoms with Gasteiger partial charge in [-0.3, -0.25) is 14.5 Å². The molecule has 1 saturated heterocycles. The van der Waals surface area contributed by atoms with Crippen LogP contribution in [0.1, 0.15) is 36.8 Å². The van der Waals surface area contributed by atoms with Crippen LogP contribution in [0.3, 0.4) is 0 Å². The topological polar surface area (TPSA) is 43.9 Å². The van der Waals surface area contributed by atoms with Gasteiger partial charge in [0.2, 0.25) is 11.8 Å². The SMILES string of the molecule is O=C(CN1CCN(C(=O)C2(c3cccc(F)c3)CCCC2)CC1)N1CCc2ccccc21. The minimum atomic E-state index is -0.598. The van der Waals surface area contributed by atoms with Crippen molar-refractivity contribution in [2.75, 3.05) is 44.2 Å². The van der Waals surface area contributed by atoms with Crippen molar-refractivity contribution in [3.8, 4) is 0 Å². The van der Waals surface area contributed by atoms with E-state index < -0.39 is 5.41 Å². The first kappa shape index (κ1) is 21.1. The number of para-hydroxylation sites is 1. The molecule has 2 aliphatic heterocycles. The maximum absolute atomic E-state index is 13.9. The lowest BCUT2D eigenvalue weighted by atomic mass is 9.77. The zero-order valence-corrected chi connectivity index (χ0v) is 18.4. The number of carbonyl (C=O) groups excluding carboxylic acids is 2. The van der Waals surface area contributed by atoms with E-state index >= 15 is 0 Å². The first-order valence-corrected chi connectivity index (χ1v) is 11.7. The van der Waals surface area contributed by atoms with Crippen LogP contribution in [-0.2, 0) is 21.4 Å². The molecule has 32 heavy (non-hydrogen) atoms. The van der Waals surface area contributed by atoms with Gasteiger partial charge in [0.25, 0.3) is 0 Å². The van der Waals surface area contributed by atoms with Crippen LogP contribution >= 0.6 is 0 Å². The Balaban J connectivity index is 1.22. The predicted octanol–water partition coefficient (Wildman–Crippen LogP) is 3.37. The van der Waals surface area contributed by atoms with Crippen molar-refractivity contribution in [1.29, 1.82) is 0 Å². The highest BCUT2D eigenvalue weighted by atomic mass is 19.1.